The Bertz CT molecular complexity index is 1340. The number of urea groups is 1. The summed E-state index contributed by atoms with van der Waals surface area (Å²) < 4.78 is 12.2. The first-order valence-corrected chi connectivity index (χ1v) is 11.6. The Hall–Kier alpha value is -4.00. The Morgan fingerprint density at radius 3 is 2.54 bits per heavy atom. The molecule has 0 saturated carbocycles. The average Bonchev–Trinajstić information content (AvgIpc) is 2.81. The molecule has 0 aromatic heterocycles. The number of carbonyl (C=O) groups excluding carboxylic acids is 2. The van der Waals surface area contributed by atoms with Gasteiger partial charge in [0.15, 0.2) is 11.5 Å². The van der Waals surface area contributed by atoms with Crippen molar-refractivity contribution in [2.24, 2.45) is 5.92 Å². The number of anilines is 2. The number of para-hydroxylation sites is 2. The number of nitrogens with one attached hydrogen (secondary N) is 2. The molecule has 3 aromatic rings. The number of benzene rings is 3. The maximum atomic E-state index is 14.0. The van der Waals surface area contributed by atoms with Crippen molar-refractivity contribution in [3.05, 3.63) is 82.9 Å². The molecule has 180 valence electrons. The van der Waals surface area contributed by atoms with E-state index in [1.54, 1.807) is 18.9 Å². The van der Waals surface area contributed by atoms with E-state index in [0.717, 1.165) is 22.4 Å². The molecule has 0 aliphatic carbocycles. The summed E-state index contributed by atoms with van der Waals surface area (Å²) in [7, 11) is 1.58. The summed E-state index contributed by atoms with van der Waals surface area (Å²) in [5, 5.41) is 6.18. The summed E-state index contributed by atoms with van der Waals surface area (Å²) in [6.45, 7) is 7.70. The molecule has 1 saturated heterocycles. The predicted octanol–water partition coefficient (Wildman–Crippen LogP) is 5.25. The molecule has 2 aliphatic rings. The monoisotopic (exact) mass is 471 g/mol. The minimum Gasteiger partial charge on any atom is -0.493 e. The quantitative estimate of drug-likeness (QED) is 0.544. The van der Waals surface area contributed by atoms with Gasteiger partial charge in [0.2, 0.25) is 11.6 Å². The van der Waals surface area contributed by atoms with E-state index in [0.29, 0.717) is 22.7 Å². The van der Waals surface area contributed by atoms with E-state index in [2.05, 4.69) is 10.6 Å². The third kappa shape index (κ3) is 3.58. The van der Waals surface area contributed by atoms with Crippen molar-refractivity contribution in [1.29, 1.82) is 0 Å². The molecule has 1 fully saturated rings. The van der Waals surface area contributed by atoms with E-state index in [4.69, 9.17) is 9.47 Å². The summed E-state index contributed by atoms with van der Waals surface area (Å²) in [5.74, 6) is 0.0844. The summed E-state index contributed by atoms with van der Waals surface area (Å²) in [5.41, 5.74) is 3.77. The lowest BCUT2D eigenvalue weighted by Crippen LogP contribution is -2.72. The van der Waals surface area contributed by atoms with Crippen molar-refractivity contribution in [3.63, 3.8) is 0 Å². The lowest BCUT2D eigenvalue weighted by molar-refractivity contribution is -0.131. The zero-order valence-corrected chi connectivity index (χ0v) is 20.5. The Balaban J connectivity index is 1.66. The van der Waals surface area contributed by atoms with Gasteiger partial charge in [-0.05, 0) is 57.0 Å². The second-order valence-electron chi connectivity index (χ2n) is 9.37. The van der Waals surface area contributed by atoms with Crippen LogP contribution in [0.2, 0.25) is 0 Å². The largest absolute Gasteiger partial charge is 0.493 e. The lowest BCUT2D eigenvalue weighted by Gasteiger charge is -2.54. The molecule has 3 aromatic carbocycles. The number of nitrogens with zero attached hydrogens (tertiary/aromatic N) is 1. The van der Waals surface area contributed by atoms with Gasteiger partial charge in [0.1, 0.15) is 5.92 Å². The summed E-state index contributed by atoms with van der Waals surface area (Å²) in [4.78, 5) is 29.0. The second-order valence-corrected chi connectivity index (χ2v) is 9.37. The highest BCUT2D eigenvalue weighted by atomic mass is 16.5. The molecule has 2 heterocycles. The van der Waals surface area contributed by atoms with Crippen LogP contribution in [0.3, 0.4) is 0 Å². The van der Waals surface area contributed by atoms with Crippen LogP contribution in [0.15, 0.2) is 60.7 Å². The smallest absolute Gasteiger partial charge is 0.325 e. The van der Waals surface area contributed by atoms with Gasteiger partial charge in [-0.15, -0.1) is 0 Å². The van der Waals surface area contributed by atoms with Gasteiger partial charge in [-0.3, -0.25) is 9.69 Å². The fraction of sp³-hybridized carbons (Fsp3) is 0.286. The minimum atomic E-state index is -1.32. The Morgan fingerprint density at radius 2 is 1.83 bits per heavy atom. The van der Waals surface area contributed by atoms with E-state index in [9.17, 15) is 9.59 Å². The third-order valence-corrected chi connectivity index (χ3v) is 6.99. The summed E-state index contributed by atoms with van der Waals surface area (Å²) in [6.07, 6.45) is 0. The summed E-state index contributed by atoms with van der Waals surface area (Å²) >= 11 is 0. The fourth-order valence-electron chi connectivity index (χ4n) is 5.27. The first kappa shape index (κ1) is 22.8. The van der Waals surface area contributed by atoms with Gasteiger partial charge < -0.3 is 20.1 Å². The number of methoxy groups -OCH3 is 1. The molecular weight excluding hydrogens is 442 g/mol. The van der Waals surface area contributed by atoms with E-state index >= 15 is 0 Å². The Kier molecular flexibility index (Phi) is 5.43. The number of aryl methyl sites for hydroxylation is 3. The first-order chi connectivity index (χ1) is 16.7. The number of hydrogen-bond donors (Lipinski definition) is 2. The van der Waals surface area contributed by atoms with Crippen LogP contribution in [0.4, 0.5) is 16.2 Å². The van der Waals surface area contributed by atoms with E-state index < -0.39 is 17.7 Å². The molecular formula is C28H29N3O4. The highest BCUT2D eigenvalue weighted by Crippen LogP contribution is 2.52. The van der Waals surface area contributed by atoms with Crippen LogP contribution >= 0.6 is 0 Å². The normalized spacial score (nSPS) is 22.5. The van der Waals surface area contributed by atoms with Crippen molar-refractivity contribution in [2.75, 3.05) is 17.3 Å². The number of hydrogen-bond acceptors (Lipinski definition) is 4. The van der Waals surface area contributed by atoms with Gasteiger partial charge in [-0.2, -0.15) is 0 Å². The molecule has 35 heavy (non-hydrogen) atoms. The first-order valence-electron chi connectivity index (χ1n) is 11.6. The van der Waals surface area contributed by atoms with Crippen LogP contribution in [0.25, 0.3) is 0 Å². The van der Waals surface area contributed by atoms with Crippen LogP contribution in [0.5, 0.6) is 11.5 Å². The molecule has 7 heteroatoms. The molecule has 0 spiro atoms. The number of carbonyl (C=O) groups is 2. The molecule has 3 atom stereocenters. The summed E-state index contributed by atoms with van der Waals surface area (Å²) in [6, 6.07) is 18.1. The molecule has 2 N–H and O–H groups in total. The van der Waals surface area contributed by atoms with Crippen LogP contribution in [-0.2, 0) is 4.79 Å². The van der Waals surface area contributed by atoms with Crippen molar-refractivity contribution < 1.29 is 19.1 Å². The minimum absolute atomic E-state index is 0.239. The number of fused-ring (bicyclic) bond motifs is 4. The van der Waals surface area contributed by atoms with Crippen molar-refractivity contribution in [3.8, 4) is 11.5 Å². The molecule has 2 bridgehead atoms. The van der Waals surface area contributed by atoms with E-state index in [-0.39, 0.29) is 11.9 Å². The molecule has 0 unspecified atom stereocenters. The Morgan fingerprint density at radius 1 is 1.06 bits per heavy atom. The average molecular weight is 472 g/mol. The van der Waals surface area contributed by atoms with Crippen molar-refractivity contribution in [1.82, 2.24) is 5.32 Å². The fourth-order valence-corrected chi connectivity index (χ4v) is 5.27. The van der Waals surface area contributed by atoms with Gasteiger partial charge in [-0.1, -0.05) is 48.0 Å². The predicted molar refractivity (Wildman–Crippen MR) is 135 cm³/mol. The van der Waals surface area contributed by atoms with Crippen LogP contribution in [-0.4, -0.2) is 24.8 Å². The number of ether oxygens (including phenoxy) is 2. The highest BCUT2D eigenvalue weighted by Gasteiger charge is 2.61. The maximum absolute atomic E-state index is 14.0. The van der Waals surface area contributed by atoms with Gasteiger partial charge in [-0.25, -0.2) is 4.79 Å². The molecule has 7 nitrogen and oxygen atoms in total. The SMILES string of the molecule is COc1cccc2c1O[C@]1(C)[C@@H](C(=O)Nc3ccc(C)cc3C)[C@@H]2NC(=O)N1c1ccccc1C. The van der Waals surface area contributed by atoms with Crippen LogP contribution in [0.1, 0.15) is 35.2 Å². The third-order valence-electron chi connectivity index (χ3n) is 6.99. The molecule has 2 aliphatic heterocycles. The van der Waals surface area contributed by atoms with Gasteiger partial charge >= 0.3 is 6.03 Å². The molecule has 0 radical (unpaired) electrons. The van der Waals surface area contributed by atoms with Gasteiger partial charge in [0.05, 0.1) is 18.8 Å². The zero-order valence-electron chi connectivity index (χ0n) is 20.5. The van der Waals surface area contributed by atoms with Gasteiger partial charge in [0, 0.05) is 11.3 Å². The second kappa shape index (κ2) is 8.34. The lowest BCUT2D eigenvalue weighted by atomic mass is 9.78. The van der Waals surface area contributed by atoms with Gasteiger partial charge in [0.25, 0.3) is 0 Å². The standard InChI is InChI=1S/C28H29N3O4/c1-16-13-14-20(18(3)15-16)29-26(32)23-24-19-10-8-12-22(34-5)25(19)35-28(23,4)31(27(33)30-24)21-11-7-6-9-17(21)2/h6-15,23-24H,1-5H3,(H,29,32)(H,30,33)/t23-,24-,28-/m1/s1. The van der Waals surface area contributed by atoms with Crippen LogP contribution in [0, 0.1) is 26.7 Å². The molecule has 5 rings (SSSR count). The van der Waals surface area contributed by atoms with E-state index in [1.807, 2.05) is 81.4 Å². The topological polar surface area (TPSA) is 79.9 Å². The number of amides is 3. The maximum Gasteiger partial charge on any atom is 0.325 e. The number of rotatable bonds is 4. The molecule has 3 amide bonds. The van der Waals surface area contributed by atoms with Crippen LogP contribution < -0.4 is 25.0 Å². The van der Waals surface area contributed by atoms with E-state index in [1.165, 1.54) is 0 Å². The van der Waals surface area contributed by atoms with Crippen molar-refractivity contribution >= 4 is 23.3 Å². The highest BCUT2D eigenvalue weighted by molar-refractivity contribution is 6.02. The zero-order chi connectivity index (χ0) is 24.9. The van der Waals surface area contributed by atoms with Crippen molar-refractivity contribution in [2.45, 2.75) is 39.5 Å². The Labute approximate surface area is 205 Å².